The lowest BCUT2D eigenvalue weighted by atomic mass is 10.1. The Hall–Kier alpha value is -3.56. The van der Waals surface area contributed by atoms with Gasteiger partial charge >= 0.3 is 0 Å². The van der Waals surface area contributed by atoms with Crippen LogP contribution in [0.4, 0.5) is 19.6 Å². The summed E-state index contributed by atoms with van der Waals surface area (Å²) in [4.78, 5) is 18.7. The highest BCUT2D eigenvalue weighted by Crippen LogP contribution is 2.34. The standard InChI is InChI=1S/C21H18F2N4O4S2/c1-12-18(20(28)26-33(3,29)30)25-21(32-12)27(15-6-4-13(10-24)5-7-15)11-14-8-16(22)19(31-2)17(23)9-14/h4-9H,11H2,1-3H3,(H,26,28). The molecule has 0 bridgehead atoms. The van der Waals surface area contributed by atoms with Crippen molar-refractivity contribution in [1.29, 1.82) is 5.26 Å². The van der Waals surface area contributed by atoms with Crippen LogP contribution in [0.1, 0.15) is 26.5 Å². The molecule has 172 valence electrons. The lowest BCUT2D eigenvalue weighted by molar-refractivity contribution is 0.0977. The average molecular weight is 493 g/mol. The minimum Gasteiger partial charge on any atom is -0.491 e. The fraction of sp³-hybridized carbons (Fsp3) is 0.190. The fourth-order valence-electron chi connectivity index (χ4n) is 2.99. The van der Waals surface area contributed by atoms with E-state index in [4.69, 9.17) is 10.00 Å². The van der Waals surface area contributed by atoms with Gasteiger partial charge < -0.3 is 9.64 Å². The lowest BCUT2D eigenvalue weighted by Gasteiger charge is -2.22. The van der Waals surface area contributed by atoms with Crippen molar-refractivity contribution in [1.82, 2.24) is 9.71 Å². The van der Waals surface area contributed by atoms with E-state index in [9.17, 15) is 22.0 Å². The first-order valence-electron chi connectivity index (χ1n) is 9.31. The van der Waals surface area contributed by atoms with Gasteiger partial charge in [-0.1, -0.05) is 0 Å². The van der Waals surface area contributed by atoms with Gasteiger partial charge in [-0.15, -0.1) is 11.3 Å². The highest BCUT2D eigenvalue weighted by Gasteiger charge is 2.23. The van der Waals surface area contributed by atoms with Crippen molar-refractivity contribution in [2.45, 2.75) is 13.5 Å². The molecular weight excluding hydrogens is 474 g/mol. The van der Waals surface area contributed by atoms with Crippen LogP contribution in [0.5, 0.6) is 5.75 Å². The molecule has 0 saturated heterocycles. The van der Waals surface area contributed by atoms with Crippen molar-refractivity contribution in [2.75, 3.05) is 18.3 Å². The third-order valence-electron chi connectivity index (χ3n) is 4.42. The van der Waals surface area contributed by atoms with E-state index in [2.05, 4.69) is 4.98 Å². The van der Waals surface area contributed by atoms with E-state index in [0.717, 1.165) is 36.8 Å². The maximum atomic E-state index is 14.3. The second-order valence-electron chi connectivity index (χ2n) is 6.94. The number of methoxy groups -OCH3 is 1. The first-order chi connectivity index (χ1) is 15.5. The SMILES string of the molecule is COc1c(F)cc(CN(c2ccc(C#N)cc2)c2nc(C(=O)NS(C)(=O)=O)c(C)s2)cc1F. The zero-order chi connectivity index (χ0) is 24.3. The summed E-state index contributed by atoms with van der Waals surface area (Å²) in [6.45, 7) is 1.56. The molecule has 0 radical (unpaired) electrons. The van der Waals surface area contributed by atoms with E-state index in [1.54, 1.807) is 36.1 Å². The van der Waals surface area contributed by atoms with Gasteiger partial charge in [0.15, 0.2) is 22.5 Å². The second kappa shape index (κ2) is 9.51. The molecule has 0 fully saturated rings. The molecule has 0 aliphatic carbocycles. The van der Waals surface area contributed by atoms with Crippen molar-refractivity contribution in [2.24, 2.45) is 0 Å². The Labute approximate surface area is 193 Å². The van der Waals surface area contributed by atoms with E-state index in [1.807, 2.05) is 10.8 Å². The average Bonchev–Trinajstić information content (AvgIpc) is 3.12. The third-order valence-corrected chi connectivity index (χ3v) is 5.97. The number of hydrogen-bond acceptors (Lipinski definition) is 8. The summed E-state index contributed by atoms with van der Waals surface area (Å²) in [6.07, 6.45) is 0.851. The summed E-state index contributed by atoms with van der Waals surface area (Å²) >= 11 is 1.10. The number of aromatic nitrogens is 1. The number of sulfonamides is 1. The van der Waals surface area contributed by atoms with Crippen molar-refractivity contribution in [3.8, 4) is 11.8 Å². The van der Waals surface area contributed by atoms with Crippen LogP contribution < -0.4 is 14.4 Å². The number of carbonyl (C=O) groups excluding carboxylic acids is 1. The molecule has 1 aromatic heterocycles. The van der Waals surface area contributed by atoms with Gasteiger partial charge in [-0.25, -0.2) is 26.9 Å². The van der Waals surface area contributed by atoms with Crippen LogP contribution in [0.15, 0.2) is 36.4 Å². The molecule has 33 heavy (non-hydrogen) atoms. The number of aryl methyl sites for hydroxylation is 1. The molecule has 3 aromatic rings. The minimum atomic E-state index is -3.80. The second-order valence-corrected chi connectivity index (χ2v) is 9.87. The highest BCUT2D eigenvalue weighted by atomic mass is 32.2. The van der Waals surface area contributed by atoms with Gasteiger partial charge in [0.1, 0.15) is 5.69 Å². The number of nitrogens with zero attached hydrogens (tertiary/aromatic N) is 3. The Balaban J connectivity index is 2.06. The number of hydrogen-bond donors (Lipinski definition) is 1. The molecule has 0 atom stereocenters. The summed E-state index contributed by atoms with van der Waals surface area (Å²) in [5.74, 6) is -3.15. The number of ether oxygens (including phenoxy) is 1. The molecule has 0 spiro atoms. The lowest BCUT2D eigenvalue weighted by Crippen LogP contribution is -2.30. The Morgan fingerprint density at radius 1 is 1.24 bits per heavy atom. The Morgan fingerprint density at radius 3 is 2.36 bits per heavy atom. The molecule has 8 nitrogen and oxygen atoms in total. The smallest absolute Gasteiger partial charge is 0.284 e. The Kier molecular flexibility index (Phi) is 6.95. The summed E-state index contributed by atoms with van der Waals surface area (Å²) in [5.41, 5.74) is 1.11. The summed E-state index contributed by atoms with van der Waals surface area (Å²) < 4.78 is 58.0. The van der Waals surface area contributed by atoms with Crippen molar-refractivity contribution in [3.63, 3.8) is 0 Å². The third kappa shape index (κ3) is 5.63. The first kappa shape index (κ1) is 24.1. The van der Waals surface area contributed by atoms with Crippen LogP contribution in [0.3, 0.4) is 0 Å². The molecule has 0 unspecified atom stereocenters. The molecule has 0 saturated carbocycles. The van der Waals surface area contributed by atoms with E-state index in [-0.39, 0.29) is 22.9 Å². The van der Waals surface area contributed by atoms with Crippen molar-refractivity contribution in [3.05, 3.63) is 69.7 Å². The van der Waals surface area contributed by atoms with Crippen LogP contribution >= 0.6 is 11.3 Å². The monoisotopic (exact) mass is 492 g/mol. The van der Waals surface area contributed by atoms with Gasteiger partial charge in [0, 0.05) is 10.6 Å². The minimum absolute atomic E-state index is 0.0379. The number of amides is 1. The zero-order valence-corrected chi connectivity index (χ0v) is 19.4. The van der Waals surface area contributed by atoms with E-state index < -0.39 is 33.3 Å². The molecule has 0 aliphatic rings. The molecule has 1 N–H and O–H groups in total. The van der Waals surface area contributed by atoms with Crippen LogP contribution in [-0.2, 0) is 16.6 Å². The number of nitriles is 1. The van der Waals surface area contributed by atoms with Crippen molar-refractivity contribution < 1.29 is 26.7 Å². The van der Waals surface area contributed by atoms with Gasteiger partial charge in [0.2, 0.25) is 10.0 Å². The number of carbonyl (C=O) groups is 1. The molecule has 2 aromatic carbocycles. The normalized spacial score (nSPS) is 11.0. The number of benzene rings is 2. The topological polar surface area (TPSA) is 112 Å². The number of rotatable bonds is 7. The van der Waals surface area contributed by atoms with E-state index in [0.29, 0.717) is 16.1 Å². The number of thiazole rings is 1. The molecule has 3 rings (SSSR count). The predicted octanol–water partition coefficient (Wildman–Crippen LogP) is 3.64. The highest BCUT2D eigenvalue weighted by molar-refractivity contribution is 7.89. The van der Waals surface area contributed by atoms with E-state index in [1.165, 1.54) is 0 Å². The largest absolute Gasteiger partial charge is 0.491 e. The van der Waals surface area contributed by atoms with Gasteiger partial charge in [0.25, 0.3) is 5.91 Å². The molecule has 1 heterocycles. The van der Waals surface area contributed by atoms with Crippen LogP contribution in [0, 0.1) is 29.9 Å². The van der Waals surface area contributed by atoms with Gasteiger partial charge in [-0.05, 0) is 48.9 Å². The molecule has 1 amide bonds. The zero-order valence-electron chi connectivity index (χ0n) is 17.7. The number of anilines is 2. The van der Waals surface area contributed by atoms with Crippen molar-refractivity contribution >= 4 is 38.1 Å². The van der Waals surface area contributed by atoms with E-state index >= 15 is 0 Å². The summed E-state index contributed by atoms with van der Waals surface area (Å²) in [7, 11) is -2.64. The summed E-state index contributed by atoms with van der Waals surface area (Å²) in [6, 6.07) is 10.6. The van der Waals surface area contributed by atoms with Gasteiger partial charge in [-0.3, -0.25) is 4.79 Å². The molecule has 12 heteroatoms. The fourth-order valence-corrected chi connectivity index (χ4v) is 4.35. The number of halogens is 2. The predicted molar refractivity (Wildman–Crippen MR) is 119 cm³/mol. The Bertz CT molecular complexity index is 1330. The first-order valence-corrected chi connectivity index (χ1v) is 12.0. The molecule has 0 aliphatic heterocycles. The van der Waals surface area contributed by atoms with Crippen LogP contribution in [-0.4, -0.2) is 32.7 Å². The molecular formula is C21H18F2N4O4S2. The summed E-state index contributed by atoms with van der Waals surface area (Å²) in [5, 5.41) is 9.35. The maximum absolute atomic E-state index is 14.3. The van der Waals surface area contributed by atoms with Crippen LogP contribution in [0.25, 0.3) is 0 Å². The maximum Gasteiger partial charge on any atom is 0.284 e. The van der Waals surface area contributed by atoms with Gasteiger partial charge in [-0.2, -0.15) is 5.26 Å². The van der Waals surface area contributed by atoms with Gasteiger partial charge in [0.05, 0.1) is 31.5 Å². The quantitative estimate of drug-likeness (QED) is 0.536. The van der Waals surface area contributed by atoms with Crippen LogP contribution in [0.2, 0.25) is 0 Å². The number of nitrogens with one attached hydrogen (secondary N) is 1. The Morgan fingerprint density at radius 2 is 1.85 bits per heavy atom.